The molecule has 3 nitrogen and oxygen atoms in total. The van der Waals surface area contributed by atoms with Crippen LogP contribution >= 0.6 is 0 Å². The van der Waals surface area contributed by atoms with E-state index in [0.717, 1.165) is 32.3 Å². The lowest BCUT2D eigenvalue weighted by Gasteiger charge is -2.43. The van der Waals surface area contributed by atoms with Gasteiger partial charge in [-0.05, 0) is 51.5 Å². The molecule has 0 aromatic rings. The van der Waals surface area contributed by atoms with Crippen molar-refractivity contribution in [1.29, 1.82) is 0 Å². The Hall–Kier alpha value is -0.120. The van der Waals surface area contributed by atoms with Crippen molar-refractivity contribution in [2.24, 2.45) is 5.92 Å². The smallest absolute Gasteiger partial charge is 0.0837 e. The molecule has 1 aliphatic heterocycles. The van der Waals surface area contributed by atoms with Crippen molar-refractivity contribution in [2.45, 2.75) is 70.4 Å². The first-order chi connectivity index (χ1) is 9.32. The first kappa shape index (κ1) is 15.3. The Labute approximate surface area is 118 Å². The first-order valence-corrected chi connectivity index (χ1v) is 8.27. The quantitative estimate of drug-likeness (QED) is 0.770. The van der Waals surface area contributed by atoms with Crippen LogP contribution in [-0.4, -0.2) is 38.0 Å². The minimum absolute atomic E-state index is 0.103. The topological polar surface area (TPSA) is 30.5 Å². The van der Waals surface area contributed by atoms with E-state index in [1.54, 1.807) is 0 Å². The van der Waals surface area contributed by atoms with Crippen LogP contribution in [0.15, 0.2) is 0 Å². The molecule has 3 heteroatoms. The maximum absolute atomic E-state index is 6.30. The predicted molar refractivity (Wildman–Crippen MR) is 78.4 cm³/mol. The van der Waals surface area contributed by atoms with Crippen molar-refractivity contribution < 1.29 is 9.47 Å². The number of ether oxygens (including phenoxy) is 2. The van der Waals surface area contributed by atoms with Crippen LogP contribution in [0.5, 0.6) is 0 Å². The number of rotatable bonds is 7. The molecule has 0 aromatic carbocycles. The zero-order chi connectivity index (χ0) is 13.6. The zero-order valence-electron chi connectivity index (χ0n) is 12.7. The van der Waals surface area contributed by atoms with Crippen LogP contribution in [0.25, 0.3) is 0 Å². The fourth-order valence-electron chi connectivity index (χ4n) is 3.94. The summed E-state index contributed by atoms with van der Waals surface area (Å²) in [7, 11) is 0. The summed E-state index contributed by atoms with van der Waals surface area (Å²) >= 11 is 0. The predicted octanol–water partition coefficient (Wildman–Crippen LogP) is 3.13. The van der Waals surface area contributed by atoms with E-state index in [4.69, 9.17) is 9.47 Å². The fraction of sp³-hybridized carbons (Fsp3) is 1.00. The molecule has 2 aliphatic rings. The van der Waals surface area contributed by atoms with Gasteiger partial charge in [0.2, 0.25) is 0 Å². The molecule has 0 amide bonds. The van der Waals surface area contributed by atoms with Gasteiger partial charge in [0.05, 0.1) is 5.60 Å². The average Bonchev–Trinajstić information content (AvgIpc) is 2.90. The third kappa shape index (κ3) is 3.71. The molecule has 1 unspecified atom stereocenters. The summed E-state index contributed by atoms with van der Waals surface area (Å²) in [6.45, 7) is 8.19. The lowest BCUT2D eigenvalue weighted by atomic mass is 9.79. The monoisotopic (exact) mass is 269 g/mol. The van der Waals surface area contributed by atoms with E-state index in [-0.39, 0.29) is 5.60 Å². The van der Waals surface area contributed by atoms with E-state index >= 15 is 0 Å². The zero-order valence-corrected chi connectivity index (χ0v) is 12.7. The van der Waals surface area contributed by atoms with Gasteiger partial charge < -0.3 is 14.8 Å². The van der Waals surface area contributed by atoms with E-state index in [1.807, 2.05) is 0 Å². The van der Waals surface area contributed by atoms with Gasteiger partial charge in [0.25, 0.3) is 0 Å². The molecule has 1 saturated heterocycles. The molecule has 1 aliphatic carbocycles. The third-order valence-electron chi connectivity index (χ3n) is 4.80. The minimum atomic E-state index is 0.103. The molecular weight excluding hydrogens is 238 g/mol. The van der Waals surface area contributed by atoms with Crippen LogP contribution in [-0.2, 0) is 9.47 Å². The van der Waals surface area contributed by atoms with Gasteiger partial charge in [-0.1, -0.05) is 19.8 Å². The van der Waals surface area contributed by atoms with Gasteiger partial charge in [0.15, 0.2) is 0 Å². The van der Waals surface area contributed by atoms with E-state index in [1.165, 1.54) is 44.9 Å². The van der Waals surface area contributed by atoms with Crippen LogP contribution < -0.4 is 5.32 Å². The normalized spacial score (nSPS) is 25.6. The Balaban J connectivity index is 2.08. The van der Waals surface area contributed by atoms with E-state index < -0.39 is 0 Å². The Bertz CT molecular complexity index is 245. The summed E-state index contributed by atoms with van der Waals surface area (Å²) in [5.74, 6) is 0.727. The maximum atomic E-state index is 6.30. The minimum Gasteiger partial charge on any atom is -0.381 e. The number of hydrogen-bond acceptors (Lipinski definition) is 3. The molecule has 1 atom stereocenters. The SMILES string of the molecule is CCCNC(C1CCOCC1)C1(OCC)CCCC1. The molecule has 1 N–H and O–H groups in total. The molecule has 1 heterocycles. The maximum Gasteiger partial charge on any atom is 0.0837 e. The Morgan fingerprint density at radius 1 is 1.21 bits per heavy atom. The lowest BCUT2D eigenvalue weighted by molar-refractivity contribution is -0.0873. The summed E-state index contributed by atoms with van der Waals surface area (Å²) in [6, 6.07) is 0.527. The molecule has 0 spiro atoms. The van der Waals surface area contributed by atoms with E-state index in [0.29, 0.717) is 6.04 Å². The highest BCUT2D eigenvalue weighted by Crippen LogP contribution is 2.40. The standard InChI is InChI=1S/C16H31NO2/c1-3-11-17-15(14-7-12-18-13-8-14)16(19-4-2)9-5-6-10-16/h14-15,17H,3-13H2,1-2H3. The molecular formula is C16H31NO2. The van der Waals surface area contributed by atoms with Crippen molar-refractivity contribution in [1.82, 2.24) is 5.32 Å². The van der Waals surface area contributed by atoms with Crippen molar-refractivity contribution >= 4 is 0 Å². The summed E-state index contributed by atoms with van der Waals surface area (Å²) in [5.41, 5.74) is 0.103. The largest absolute Gasteiger partial charge is 0.381 e. The Kier molecular flexibility index (Phi) is 6.11. The summed E-state index contributed by atoms with van der Waals surface area (Å²) in [6.07, 6.45) is 8.70. The van der Waals surface area contributed by atoms with Gasteiger partial charge in [-0.15, -0.1) is 0 Å². The number of nitrogens with one attached hydrogen (secondary N) is 1. The van der Waals surface area contributed by atoms with Crippen molar-refractivity contribution in [3.05, 3.63) is 0 Å². The second-order valence-corrected chi connectivity index (χ2v) is 6.09. The average molecular weight is 269 g/mol. The molecule has 0 bridgehead atoms. The summed E-state index contributed by atoms with van der Waals surface area (Å²) in [5, 5.41) is 3.83. The Morgan fingerprint density at radius 3 is 2.47 bits per heavy atom. The van der Waals surface area contributed by atoms with Gasteiger partial charge >= 0.3 is 0 Å². The third-order valence-corrected chi connectivity index (χ3v) is 4.80. The molecule has 0 radical (unpaired) electrons. The van der Waals surface area contributed by atoms with Gasteiger partial charge in [-0.3, -0.25) is 0 Å². The van der Waals surface area contributed by atoms with Crippen molar-refractivity contribution in [3.8, 4) is 0 Å². The van der Waals surface area contributed by atoms with Crippen LogP contribution in [0.2, 0.25) is 0 Å². The van der Waals surface area contributed by atoms with Crippen LogP contribution in [0.3, 0.4) is 0 Å². The Morgan fingerprint density at radius 2 is 1.89 bits per heavy atom. The number of hydrogen-bond donors (Lipinski definition) is 1. The molecule has 2 fully saturated rings. The van der Waals surface area contributed by atoms with E-state index in [9.17, 15) is 0 Å². The highest BCUT2D eigenvalue weighted by molar-refractivity contribution is 5.00. The summed E-state index contributed by atoms with van der Waals surface area (Å²) in [4.78, 5) is 0. The van der Waals surface area contributed by atoms with Crippen LogP contribution in [0.4, 0.5) is 0 Å². The highest BCUT2D eigenvalue weighted by atomic mass is 16.5. The molecule has 2 rings (SSSR count). The molecule has 112 valence electrons. The van der Waals surface area contributed by atoms with Gasteiger partial charge in [-0.25, -0.2) is 0 Å². The van der Waals surface area contributed by atoms with Crippen molar-refractivity contribution in [2.75, 3.05) is 26.4 Å². The van der Waals surface area contributed by atoms with Gasteiger partial charge in [0, 0.05) is 25.9 Å². The second-order valence-electron chi connectivity index (χ2n) is 6.09. The van der Waals surface area contributed by atoms with Crippen molar-refractivity contribution in [3.63, 3.8) is 0 Å². The highest BCUT2D eigenvalue weighted by Gasteiger charge is 2.45. The second kappa shape index (κ2) is 7.61. The fourth-order valence-corrected chi connectivity index (χ4v) is 3.94. The van der Waals surface area contributed by atoms with E-state index in [2.05, 4.69) is 19.2 Å². The molecule has 0 aromatic heterocycles. The van der Waals surface area contributed by atoms with Crippen LogP contribution in [0, 0.1) is 5.92 Å². The molecule has 19 heavy (non-hydrogen) atoms. The van der Waals surface area contributed by atoms with Crippen LogP contribution in [0.1, 0.15) is 58.8 Å². The summed E-state index contributed by atoms with van der Waals surface area (Å²) < 4.78 is 11.8. The van der Waals surface area contributed by atoms with Gasteiger partial charge in [0.1, 0.15) is 0 Å². The first-order valence-electron chi connectivity index (χ1n) is 8.27. The lowest BCUT2D eigenvalue weighted by Crippen LogP contribution is -2.56. The molecule has 1 saturated carbocycles. The van der Waals surface area contributed by atoms with Gasteiger partial charge in [-0.2, -0.15) is 0 Å².